The van der Waals surface area contributed by atoms with Crippen LogP contribution in [0.15, 0.2) is 0 Å². The standard InChI is InChI=1S/C14H25N3O3/c1-9(2)17-8-14(4,13(17)19)7-16-12(18)11-10(3)20-6-5-15-11/h9-11,15H,5-8H2,1-4H3,(H,16,18)/t10-,11+,14?/m1/s1. The number of morpholine rings is 1. The van der Waals surface area contributed by atoms with Crippen LogP contribution in [0.2, 0.25) is 0 Å². The number of ether oxygens (including phenoxy) is 1. The fourth-order valence-electron chi connectivity index (χ4n) is 2.74. The van der Waals surface area contributed by atoms with Crippen molar-refractivity contribution >= 4 is 11.8 Å². The molecule has 0 aromatic rings. The number of carbonyl (C=O) groups excluding carboxylic acids is 2. The first-order chi connectivity index (χ1) is 9.35. The Bertz CT molecular complexity index is 399. The Labute approximate surface area is 120 Å². The molecule has 2 fully saturated rings. The van der Waals surface area contributed by atoms with E-state index in [4.69, 9.17) is 4.74 Å². The summed E-state index contributed by atoms with van der Waals surface area (Å²) in [6, 6.07) is -0.108. The first-order valence-electron chi connectivity index (χ1n) is 7.29. The van der Waals surface area contributed by atoms with E-state index in [-0.39, 0.29) is 30.0 Å². The number of nitrogens with one attached hydrogen (secondary N) is 2. The Hall–Kier alpha value is -1.14. The third-order valence-corrected chi connectivity index (χ3v) is 4.17. The minimum Gasteiger partial charge on any atom is -0.375 e. The Kier molecular flexibility index (Phi) is 4.34. The van der Waals surface area contributed by atoms with Crippen molar-refractivity contribution in [1.82, 2.24) is 15.5 Å². The van der Waals surface area contributed by atoms with Gasteiger partial charge < -0.3 is 20.3 Å². The number of hydrogen-bond donors (Lipinski definition) is 2. The topological polar surface area (TPSA) is 70.7 Å². The van der Waals surface area contributed by atoms with E-state index in [1.54, 1.807) is 0 Å². The van der Waals surface area contributed by atoms with Gasteiger partial charge in [-0.25, -0.2) is 0 Å². The second-order valence-electron chi connectivity index (χ2n) is 6.31. The van der Waals surface area contributed by atoms with Crippen LogP contribution in [-0.4, -0.2) is 61.1 Å². The molecule has 2 aliphatic heterocycles. The molecular formula is C14H25N3O3. The van der Waals surface area contributed by atoms with E-state index in [9.17, 15) is 9.59 Å². The minimum atomic E-state index is -0.460. The molecule has 2 rings (SSSR count). The van der Waals surface area contributed by atoms with Gasteiger partial charge in [0.15, 0.2) is 0 Å². The van der Waals surface area contributed by atoms with E-state index in [1.807, 2.05) is 32.6 Å². The van der Waals surface area contributed by atoms with Gasteiger partial charge in [-0.15, -0.1) is 0 Å². The van der Waals surface area contributed by atoms with E-state index in [2.05, 4.69) is 10.6 Å². The van der Waals surface area contributed by atoms with Crippen molar-refractivity contribution in [2.45, 2.75) is 45.9 Å². The molecule has 1 unspecified atom stereocenters. The van der Waals surface area contributed by atoms with Gasteiger partial charge >= 0.3 is 0 Å². The summed E-state index contributed by atoms with van der Waals surface area (Å²) in [5.41, 5.74) is -0.460. The molecule has 0 bridgehead atoms. The van der Waals surface area contributed by atoms with Crippen molar-refractivity contribution in [1.29, 1.82) is 0 Å². The Morgan fingerprint density at radius 2 is 2.30 bits per heavy atom. The zero-order valence-corrected chi connectivity index (χ0v) is 12.7. The number of nitrogens with zero attached hydrogens (tertiary/aromatic N) is 1. The van der Waals surface area contributed by atoms with Crippen LogP contribution in [0, 0.1) is 5.41 Å². The van der Waals surface area contributed by atoms with Gasteiger partial charge in [-0.3, -0.25) is 9.59 Å². The largest absolute Gasteiger partial charge is 0.375 e. The summed E-state index contributed by atoms with van der Waals surface area (Å²) in [7, 11) is 0. The lowest BCUT2D eigenvalue weighted by atomic mass is 9.79. The second-order valence-corrected chi connectivity index (χ2v) is 6.31. The van der Waals surface area contributed by atoms with Gasteiger partial charge in [0.25, 0.3) is 0 Å². The van der Waals surface area contributed by atoms with E-state index in [0.29, 0.717) is 26.2 Å². The summed E-state index contributed by atoms with van der Waals surface area (Å²) in [4.78, 5) is 26.1. The Morgan fingerprint density at radius 3 is 2.85 bits per heavy atom. The molecule has 114 valence electrons. The Balaban J connectivity index is 1.83. The number of β-lactam (4-membered cyclic amide) rings is 1. The summed E-state index contributed by atoms with van der Waals surface area (Å²) in [6.07, 6.45) is -0.138. The van der Waals surface area contributed by atoms with E-state index in [0.717, 1.165) is 0 Å². The molecular weight excluding hydrogens is 258 g/mol. The predicted molar refractivity (Wildman–Crippen MR) is 75.2 cm³/mol. The summed E-state index contributed by atoms with van der Waals surface area (Å²) in [6.45, 7) is 10.2. The molecule has 20 heavy (non-hydrogen) atoms. The van der Waals surface area contributed by atoms with Crippen molar-refractivity contribution in [2.75, 3.05) is 26.2 Å². The SMILES string of the molecule is CC(C)N1CC(C)(CNC(=O)[C@H]2NCCO[C@@H]2C)C1=O. The highest BCUT2D eigenvalue weighted by atomic mass is 16.5. The summed E-state index contributed by atoms with van der Waals surface area (Å²) in [5, 5.41) is 6.03. The molecule has 2 heterocycles. The molecule has 2 aliphatic rings. The third-order valence-electron chi connectivity index (χ3n) is 4.17. The number of hydrogen-bond acceptors (Lipinski definition) is 4. The van der Waals surface area contributed by atoms with Crippen LogP contribution in [0.3, 0.4) is 0 Å². The maximum atomic E-state index is 12.1. The molecule has 2 N–H and O–H groups in total. The van der Waals surface area contributed by atoms with Crippen LogP contribution in [0.25, 0.3) is 0 Å². The fraction of sp³-hybridized carbons (Fsp3) is 0.857. The number of amides is 2. The molecule has 0 aromatic heterocycles. The summed E-state index contributed by atoms with van der Waals surface area (Å²) < 4.78 is 5.45. The number of carbonyl (C=O) groups is 2. The van der Waals surface area contributed by atoms with E-state index >= 15 is 0 Å². The van der Waals surface area contributed by atoms with Gasteiger partial charge in [0.2, 0.25) is 11.8 Å². The summed E-state index contributed by atoms with van der Waals surface area (Å²) >= 11 is 0. The number of rotatable bonds is 4. The highest BCUT2D eigenvalue weighted by Gasteiger charge is 2.49. The fourth-order valence-corrected chi connectivity index (χ4v) is 2.74. The third kappa shape index (κ3) is 2.81. The van der Waals surface area contributed by atoms with E-state index < -0.39 is 5.41 Å². The quantitative estimate of drug-likeness (QED) is 0.697. The normalized spacial score (nSPS) is 34.0. The molecule has 0 saturated carbocycles. The van der Waals surface area contributed by atoms with Gasteiger partial charge in [0.05, 0.1) is 18.1 Å². The molecule has 0 spiro atoms. The van der Waals surface area contributed by atoms with Crippen molar-refractivity contribution in [3.63, 3.8) is 0 Å². The lowest BCUT2D eigenvalue weighted by molar-refractivity contribution is -0.161. The van der Waals surface area contributed by atoms with Gasteiger partial charge in [-0.05, 0) is 27.7 Å². The highest BCUT2D eigenvalue weighted by Crippen LogP contribution is 2.32. The maximum absolute atomic E-state index is 12.1. The summed E-state index contributed by atoms with van der Waals surface area (Å²) in [5.74, 6) is 0.0305. The van der Waals surface area contributed by atoms with Crippen LogP contribution in [0.1, 0.15) is 27.7 Å². The molecule has 3 atom stereocenters. The first kappa shape index (κ1) is 15.3. The zero-order valence-electron chi connectivity index (χ0n) is 12.7. The van der Waals surface area contributed by atoms with Crippen LogP contribution < -0.4 is 10.6 Å². The van der Waals surface area contributed by atoms with Gasteiger partial charge in [-0.2, -0.15) is 0 Å². The van der Waals surface area contributed by atoms with Crippen molar-refractivity contribution in [3.8, 4) is 0 Å². The molecule has 2 amide bonds. The smallest absolute Gasteiger partial charge is 0.239 e. The van der Waals surface area contributed by atoms with Crippen molar-refractivity contribution in [3.05, 3.63) is 0 Å². The first-order valence-corrected chi connectivity index (χ1v) is 7.29. The average molecular weight is 283 g/mol. The van der Waals surface area contributed by atoms with Crippen molar-refractivity contribution < 1.29 is 14.3 Å². The molecule has 0 aromatic carbocycles. The molecule has 6 heteroatoms. The average Bonchev–Trinajstić information content (AvgIpc) is 2.42. The van der Waals surface area contributed by atoms with Crippen molar-refractivity contribution in [2.24, 2.45) is 5.41 Å². The molecule has 0 radical (unpaired) electrons. The van der Waals surface area contributed by atoms with Gasteiger partial charge in [0, 0.05) is 25.7 Å². The monoisotopic (exact) mass is 283 g/mol. The molecule has 6 nitrogen and oxygen atoms in total. The molecule has 2 saturated heterocycles. The Morgan fingerprint density at radius 1 is 1.60 bits per heavy atom. The lowest BCUT2D eigenvalue weighted by Gasteiger charge is -2.49. The van der Waals surface area contributed by atoms with Gasteiger partial charge in [-0.1, -0.05) is 0 Å². The zero-order chi connectivity index (χ0) is 14.9. The van der Waals surface area contributed by atoms with Crippen LogP contribution >= 0.6 is 0 Å². The predicted octanol–water partition coefficient (Wildman–Crippen LogP) is -0.264. The van der Waals surface area contributed by atoms with Crippen LogP contribution in [0.4, 0.5) is 0 Å². The van der Waals surface area contributed by atoms with Crippen LogP contribution in [0.5, 0.6) is 0 Å². The molecule has 0 aliphatic carbocycles. The van der Waals surface area contributed by atoms with Gasteiger partial charge in [0.1, 0.15) is 6.04 Å². The number of likely N-dealkylation sites (tertiary alicyclic amines) is 1. The second kappa shape index (κ2) is 5.69. The van der Waals surface area contributed by atoms with Crippen LogP contribution in [-0.2, 0) is 14.3 Å². The highest BCUT2D eigenvalue weighted by molar-refractivity contribution is 5.90. The van der Waals surface area contributed by atoms with E-state index in [1.165, 1.54) is 0 Å². The lowest BCUT2D eigenvalue weighted by Crippen LogP contribution is -2.66. The minimum absolute atomic E-state index is 0.0887. The maximum Gasteiger partial charge on any atom is 0.239 e.